The number of amides is 2. The number of para-hydroxylation sites is 1. The molecule has 7 rings (SSSR count). The van der Waals surface area contributed by atoms with Crippen LogP contribution in [0.1, 0.15) is 27.8 Å². The monoisotopic (exact) mass is 695 g/mol. The molecule has 0 unspecified atom stereocenters. The van der Waals surface area contributed by atoms with E-state index in [1.165, 1.54) is 16.7 Å². The molecule has 1 aliphatic heterocycles. The molecule has 2 amide bonds. The number of fused-ring (bicyclic) bond motifs is 1. The quantitative estimate of drug-likeness (QED) is 0.138. The van der Waals surface area contributed by atoms with Crippen LogP contribution in [0.4, 0.5) is 4.79 Å². The Labute approximate surface area is 300 Å². The summed E-state index contributed by atoms with van der Waals surface area (Å²) in [7, 11) is 0. The largest absolute Gasteiger partial charge is 0.480 e. The molecule has 2 heterocycles. The number of aromatic nitrogens is 1. The number of rotatable bonds is 11. The molecular formula is C42H37N3O5S. The highest BCUT2D eigenvalue weighted by Gasteiger charge is 2.41. The van der Waals surface area contributed by atoms with Crippen molar-refractivity contribution in [1.29, 1.82) is 0 Å². The van der Waals surface area contributed by atoms with Crippen LogP contribution in [0.15, 0.2) is 152 Å². The zero-order valence-corrected chi connectivity index (χ0v) is 28.6. The van der Waals surface area contributed by atoms with E-state index in [4.69, 9.17) is 4.74 Å². The number of nitrogens with one attached hydrogen (secondary N) is 1. The minimum Gasteiger partial charge on any atom is -0.480 e. The summed E-state index contributed by atoms with van der Waals surface area (Å²) in [5.41, 5.74) is 4.87. The van der Waals surface area contributed by atoms with Gasteiger partial charge in [-0.2, -0.15) is 0 Å². The topological polar surface area (TPSA) is 101 Å². The van der Waals surface area contributed by atoms with Gasteiger partial charge in [-0.3, -0.25) is 4.79 Å². The third-order valence-corrected chi connectivity index (χ3v) is 10.4. The van der Waals surface area contributed by atoms with Crippen LogP contribution in [0.3, 0.4) is 0 Å². The maximum Gasteiger partial charge on any atom is 0.408 e. The SMILES string of the molecule is O=C(N[C@@H](Cc1cn(C(c2ccccc2)(c2ccccc2)c2ccccc2)c2ccccc12)C(=O)N1CSC[C@H]1C(=O)O)OCc1ccccc1. The van der Waals surface area contributed by atoms with Crippen LogP contribution < -0.4 is 5.32 Å². The summed E-state index contributed by atoms with van der Waals surface area (Å²) in [5, 5.41) is 13.7. The first-order valence-electron chi connectivity index (χ1n) is 16.8. The maximum absolute atomic E-state index is 14.3. The molecule has 51 heavy (non-hydrogen) atoms. The molecule has 5 aromatic carbocycles. The fraction of sp³-hybridized carbons (Fsp3) is 0.167. The molecule has 256 valence electrons. The highest BCUT2D eigenvalue weighted by Crippen LogP contribution is 2.44. The molecule has 2 atom stereocenters. The molecule has 8 nitrogen and oxygen atoms in total. The molecule has 9 heteroatoms. The van der Waals surface area contributed by atoms with Crippen molar-refractivity contribution >= 4 is 40.6 Å². The number of carbonyl (C=O) groups excluding carboxylic acids is 2. The molecule has 6 aromatic rings. The lowest BCUT2D eigenvalue weighted by atomic mass is 9.76. The Balaban J connectivity index is 1.35. The fourth-order valence-electron chi connectivity index (χ4n) is 7.04. The zero-order chi connectivity index (χ0) is 35.2. The minimum absolute atomic E-state index is 0.0257. The molecule has 1 aromatic heterocycles. The lowest BCUT2D eigenvalue weighted by Gasteiger charge is -2.38. The highest BCUT2D eigenvalue weighted by atomic mass is 32.2. The van der Waals surface area contributed by atoms with Crippen LogP contribution >= 0.6 is 11.8 Å². The van der Waals surface area contributed by atoms with Crippen molar-refractivity contribution in [3.05, 3.63) is 180 Å². The number of thioether (sulfide) groups is 1. The predicted octanol–water partition coefficient (Wildman–Crippen LogP) is 7.31. The third-order valence-electron chi connectivity index (χ3n) is 9.41. The van der Waals surface area contributed by atoms with E-state index < -0.39 is 35.6 Å². The van der Waals surface area contributed by atoms with Crippen molar-refractivity contribution in [2.45, 2.75) is 30.7 Å². The van der Waals surface area contributed by atoms with Gasteiger partial charge in [0.2, 0.25) is 5.91 Å². The molecule has 1 aliphatic rings. The van der Waals surface area contributed by atoms with E-state index in [2.05, 4.69) is 58.5 Å². The average molecular weight is 696 g/mol. The van der Waals surface area contributed by atoms with Gasteiger partial charge in [0.25, 0.3) is 0 Å². The molecule has 0 aliphatic carbocycles. The van der Waals surface area contributed by atoms with Gasteiger partial charge < -0.3 is 24.6 Å². The van der Waals surface area contributed by atoms with Crippen molar-refractivity contribution in [3.8, 4) is 0 Å². The molecular weight excluding hydrogens is 659 g/mol. The van der Waals surface area contributed by atoms with Gasteiger partial charge >= 0.3 is 12.1 Å². The van der Waals surface area contributed by atoms with Crippen molar-refractivity contribution in [2.75, 3.05) is 11.6 Å². The van der Waals surface area contributed by atoms with E-state index in [1.54, 1.807) is 0 Å². The summed E-state index contributed by atoms with van der Waals surface area (Å²) >= 11 is 1.38. The van der Waals surface area contributed by atoms with E-state index >= 15 is 0 Å². The fourth-order valence-corrected chi connectivity index (χ4v) is 8.19. The van der Waals surface area contributed by atoms with Crippen LogP contribution in [-0.2, 0) is 32.9 Å². The van der Waals surface area contributed by atoms with Crippen LogP contribution in [0.25, 0.3) is 10.9 Å². The van der Waals surface area contributed by atoms with E-state index in [-0.39, 0.29) is 24.7 Å². The van der Waals surface area contributed by atoms with E-state index in [0.29, 0.717) is 0 Å². The van der Waals surface area contributed by atoms with Crippen LogP contribution in [-0.4, -0.2) is 56.3 Å². The third kappa shape index (κ3) is 6.72. The Morgan fingerprint density at radius 3 is 1.86 bits per heavy atom. The Morgan fingerprint density at radius 1 is 0.765 bits per heavy atom. The lowest BCUT2D eigenvalue weighted by Crippen LogP contribution is -2.53. The second-order valence-electron chi connectivity index (χ2n) is 12.5. The van der Waals surface area contributed by atoms with Crippen molar-refractivity contribution in [3.63, 3.8) is 0 Å². The number of carbonyl (C=O) groups is 3. The van der Waals surface area contributed by atoms with E-state index in [9.17, 15) is 19.5 Å². The number of alkyl carbamates (subject to hydrolysis) is 1. The normalized spacial score (nSPS) is 15.0. The number of hydrogen-bond acceptors (Lipinski definition) is 5. The number of ether oxygens (including phenoxy) is 1. The number of hydrogen-bond donors (Lipinski definition) is 2. The highest BCUT2D eigenvalue weighted by molar-refractivity contribution is 7.99. The van der Waals surface area contributed by atoms with Crippen molar-refractivity contribution < 1.29 is 24.2 Å². The van der Waals surface area contributed by atoms with Crippen LogP contribution in [0, 0.1) is 0 Å². The van der Waals surface area contributed by atoms with Gasteiger partial charge in [0.15, 0.2) is 0 Å². The molecule has 0 bridgehead atoms. The second kappa shape index (κ2) is 15.0. The first-order chi connectivity index (χ1) is 25.0. The van der Waals surface area contributed by atoms with Crippen molar-refractivity contribution in [1.82, 2.24) is 14.8 Å². The molecule has 2 N–H and O–H groups in total. The van der Waals surface area contributed by atoms with Gasteiger partial charge in [0.1, 0.15) is 24.2 Å². The summed E-state index contributed by atoms with van der Waals surface area (Å²) in [5.74, 6) is -1.05. The van der Waals surface area contributed by atoms with E-state index in [1.807, 2.05) is 103 Å². The van der Waals surface area contributed by atoms with Gasteiger partial charge in [-0.1, -0.05) is 140 Å². The standard InChI is InChI=1S/C42H37N3O5S/c46-39(44-29-51-28-38(44)40(47)48)36(43-41(49)50-27-30-15-5-1-6-16-30)25-31-26-45(37-24-14-13-23-35(31)37)42(32-17-7-2-8-18-32,33-19-9-3-10-20-33)34-21-11-4-12-22-34/h1-24,26,36,38H,25,27-29H2,(H,43,49)(H,47,48)/t36-,38-/m0/s1. The van der Waals surface area contributed by atoms with Gasteiger partial charge in [-0.25, -0.2) is 9.59 Å². The first-order valence-corrected chi connectivity index (χ1v) is 18.0. The number of benzene rings is 5. The number of carboxylic acids is 1. The summed E-state index contributed by atoms with van der Waals surface area (Å²) < 4.78 is 7.82. The van der Waals surface area contributed by atoms with Gasteiger partial charge in [0.05, 0.1) is 5.88 Å². The Morgan fingerprint density at radius 2 is 1.29 bits per heavy atom. The summed E-state index contributed by atoms with van der Waals surface area (Å²) in [6, 6.07) is 46.2. The zero-order valence-electron chi connectivity index (χ0n) is 27.8. The van der Waals surface area contributed by atoms with Crippen LogP contribution in [0.5, 0.6) is 0 Å². The molecule has 1 saturated heterocycles. The van der Waals surface area contributed by atoms with Gasteiger partial charge in [-0.15, -0.1) is 11.8 Å². The summed E-state index contributed by atoms with van der Waals surface area (Å²) in [4.78, 5) is 41.0. The predicted molar refractivity (Wildman–Crippen MR) is 199 cm³/mol. The van der Waals surface area contributed by atoms with Gasteiger partial charge in [0, 0.05) is 29.3 Å². The second-order valence-corrected chi connectivity index (χ2v) is 13.5. The van der Waals surface area contributed by atoms with Crippen molar-refractivity contribution in [2.24, 2.45) is 0 Å². The molecule has 0 saturated carbocycles. The minimum atomic E-state index is -1.09. The molecule has 0 spiro atoms. The van der Waals surface area contributed by atoms with Gasteiger partial charge in [-0.05, 0) is 33.9 Å². The summed E-state index contributed by atoms with van der Waals surface area (Å²) in [6.07, 6.45) is 1.42. The Kier molecular flexibility index (Phi) is 9.90. The Bertz CT molecular complexity index is 2030. The smallest absolute Gasteiger partial charge is 0.408 e. The lowest BCUT2D eigenvalue weighted by molar-refractivity contribution is -0.148. The number of aliphatic carboxylic acids is 1. The maximum atomic E-state index is 14.3. The molecule has 1 fully saturated rings. The van der Waals surface area contributed by atoms with E-state index in [0.717, 1.165) is 38.7 Å². The molecule has 0 radical (unpaired) electrons. The Hall–Kier alpha value is -5.80. The average Bonchev–Trinajstić information content (AvgIpc) is 3.82. The first kappa shape index (κ1) is 33.7. The number of nitrogens with zero attached hydrogens (tertiary/aromatic N) is 2. The number of carboxylic acid groups (broad SMARTS) is 1. The van der Waals surface area contributed by atoms with Crippen LogP contribution in [0.2, 0.25) is 0 Å². The summed E-state index contributed by atoms with van der Waals surface area (Å²) in [6.45, 7) is 0.0257.